The summed E-state index contributed by atoms with van der Waals surface area (Å²) in [5.41, 5.74) is -0.0483. The van der Waals surface area contributed by atoms with Crippen molar-refractivity contribution < 1.29 is 27.6 Å². The number of para-hydroxylation sites is 2. The number of amides is 3. The third-order valence-corrected chi connectivity index (χ3v) is 5.34. The molecule has 176 valence electrons. The first-order chi connectivity index (χ1) is 15.5. The number of carbonyl (C=O) groups excluding carboxylic acids is 3. The molecule has 33 heavy (non-hydrogen) atoms. The molecule has 7 nitrogen and oxygen atoms in total. The van der Waals surface area contributed by atoms with Crippen molar-refractivity contribution in [1.82, 2.24) is 4.90 Å². The Morgan fingerprint density at radius 1 is 1.21 bits per heavy atom. The molecule has 1 aliphatic rings. The highest BCUT2D eigenvalue weighted by molar-refractivity contribution is 6.33. The van der Waals surface area contributed by atoms with Gasteiger partial charge < -0.3 is 15.5 Å². The van der Waals surface area contributed by atoms with Gasteiger partial charge in [-0.25, -0.2) is 0 Å². The summed E-state index contributed by atoms with van der Waals surface area (Å²) >= 11 is 5.91. The van der Waals surface area contributed by atoms with E-state index in [2.05, 4.69) is 10.6 Å². The molecule has 1 atom stereocenters. The summed E-state index contributed by atoms with van der Waals surface area (Å²) in [5.74, 6) is -1.18. The molecule has 3 amide bonds. The van der Waals surface area contributed by atoms with E-state index in [0.717, 1.165) is 18.2 Å². The quantitative estimate of drug-likeness (QED) is 0.675. The second-order valence-electron chi connectivity index (χ2n) is 7.80. The molecule has 0 unspecified atom stereocenters. The number of alkyl halides is 3. The monoisotopic (exact) mass is 482 g/mol. The number of halogens is 4. The number of anilines is 3. The molecule has 11 heteroatoms. The second-order valence-corrected chi connectivity index (χ2v) is 8.20. The molecular weight excluding hydrogens is 461 g/mol. The molecule has 0 aliphatic carbocycles. The number of fused-ring (bicyclic) bond motifs is 1. The Hall–Kier alpha value is -3.11. The summed E-state index contributed by atoms with van der Waals surface area (Å²) in [5, 5.41) is 5.08. The van der Waals surface area contributed by atoms with Crippen LogP contribution in [0.2, 0.25) is 5.02 Å². The molecular formula is C22H22ClF3N4O3. The number of hydrogen-bond acceptors (Lipinski definition) is 4. The third-order valence-electron chi connectivity index (χ3n) is 5.01. The lowest BCUT2D eigenvalue weighted by Gasteiger charge is -2.29. The first-order valence-corrected chi connectivity index (χ1v) is 10.4. The zero-order chi connectivity index (χ0) is 24.3. The van der Waals surface area contributed by atoms with Crippen molar-refractivity contribution in [2.75, 3.05) is 35.7 Å². The van der Waals surface area contributed by atoms with Crippen LogP contribution >= 0.6 is 11.6 Å². The van der Waals surface area contributed by atoms with E-state index in [9.17, 15) is 27.6 Å². The molecule has 1 aliphatic heterocycles. The van der Waals surface area contributed by atoms with Crippen LogP contribution in [0.1, 0.15) is 18.9 Å². The minimum Gasteiger partial charge on any atom is -0.324 e. The third kappa shape index (κ3) is 6.02. The van der Waals surface area contributed by atoms with E-state index in [0.29, 0.717) is 11.4 Å². The molecule has 0 saturated heterocycles. The fourth-order valence-corrected chi connectivity index (χ4v) is 3.73. The van der Waals surface area contributed by atoms with Gasteiger partial charge in [0.2, 0.25) is 17.7 Å². The van der Waals surface area contributed by atoms with Gasteiger partial charge in [0.1, 0.15) is 0 Å². The molecule has 0 spiro atoms. The lowest BCUT2D eigenvalue weighted by molar-refractivity contribution is -0.137. The number of rotatable bonds is 5. The summed E-state index contributed by atoms with van der Waals surface area (Å²) in [6.45, 7) is 1.33. The molecule has 3 rings (SSSR count). The van der Waals surface area contributed by atoms with Crippen LogP contribution in [0.5, 0.6) is 0 Å². The van der Waals surface area contributed by atoms with Crippen LogP contribution < -0.4 is 15.5 Å². The number of nitrogens with one attached hydrogen (secondary N) is 2. The summed E-state index contributed by atoms with van der Waals surface area (Å²) < 4.78 is 38.8. The van der Waals surface area contributed by atoms with Gasteiger partial charge >= 0.3 is 6.18 Å². The smallest absolute Gasteiger partial charge is 0.324 e. The predicted octanol–water partition coefficient (Wildman–Crippen LogP) is 3.99. The van der Waals surface area contributed by atoms with E-state index >= 15 is 0 Å². The summed E-state index contributed by atoms with van der Waals surface area (Å²) in [6.07, 6.45) is -4.47. The predicted molar refractivity (Wildman–Crippen MR) is 119 cm³/mol. The average Bonchev–Trinajstić information content (AvgIpc) is 2.82. The Labute approximate surface area is 193 Å². The van der Waals surface area contributed by atoms with Crippen molar-refractivity contribution in [3.63, 3.8) is 0 Å². The van der Waals surface area contributed by atoms with Crippen molar-refractivity contribution >= 4 is 46.4 Å². The molecule has 0 saturated carbocycles. The van der Waals surface area contributed by atoms with Gasteiger partial charge in [-0.15, -0.1) is 0 Å². The van der Waals surface area contributed by atoms with E-state index in [1.807, 2.05) is 0 Å². The van der Waals surface area contributed by atoms with Crippen LogP contribution in [0.4, 0.5) is 30.2 Å². The van der Waals surface area contributed by atoms with Crippen LogP contribution in [-0.4, -0.2) is 48.8 Å². The fourth-order valence-electron chi connectivity index (χ4n) is 3.56. The first kappa shape index (κ1) is 24.5. The molecule has 0 aromatic heterocycles. The molecule has 2 N–H and O–H groups in total. The van der Waals surface area contributed by atoms with Crippen molar-refractivity contribution in [3.05, 3.63) is 53.1 Å². The zero-order valence-electron chi connectivity index (χ0n) is 17.9. The molecule has 0 radical (unpaired) electrons. The number of benzene rings is 2. The maximum Gasteiger partial charge on any atom is 0.416 e. The van der Waals surface area contributed by atoms with Gasteiger partial charge in [0.05, 0.1) is 40.7 Å². The lowest BCUT2D eigenvalue weighted by Crippen LogP contribution is -2.45. The summed E-state index contributed by atoms with van der Waals surface area (Å²) in [4.78, 5) is 40.5. The highest BCUT2D eigenvalue weighted by Gasteiger charge is 2.32. The number of nitrogens with zero attached hydrogens (tertiary/aromatic N) is 2. The number of likely N-dealkylation sites (N-methyl/N-ethyl adjacent to an activating group) is 1. The molecule has 0 fully saturated rings. The van der Waals surface area contributed by atoms with Crippen LogP contribution in [0.25, 0.3) is 0 Å². The minimum atomic E-state index is -4.58. The molecule has 2 aromatic rings. The van der Waals surface area contributed by atoms with Crippen molar-refractivity contribution in [2.24, 2.45) is 0 Å². The van der Waals surface area contributed by atoms with Gasteiger partial charge in [-0.05, 0) is 44.3 Å². The van der Waals surface area contributed by atoms with E-state index in [4.69, 9.17) is 11.6 Å². The van der Waals surface area contributed by atoms with E-state index in [-0.39, 0.29) is 42.0 Å². The maximum absolute atomic E-state index is 13.1. The summed E-state index contributed by atoms with van der Waals surface area (Å²) in [6, 6.07) is 9.13. The minimum absolute atomic E-state index is 0.0396. The lowest BCUT2D eigenvalue weighted by atomic mass is 10.1. The van der Waals surface area contributed by atoms with E-state index in [1.165, 1.54) is 16.8 Å². The standard InChI is InChI=1S/C22H22ClF3N4O3/c1-13-9-19(31)27-16-5-3-4-6-18(16)30(13)21(33)12-29(2)11-20(32)28-17-10-14(22(24,25)26)7-8-15(17)23/h3-8,10,13H,9,11-12H2,1-2H3,(H,27,31)(H,28,32)/t13-/m1/s1. The van der Waals surface area contributed by atoms with E-state index in [1.54, 1.807) is 31.2 Å². The Morgan fingerprint density at radius 2 is 1.91 bits per heavy atom. The average molecular weight is 483 g/mol. The fraction of sp³-hybridized carbons (Fsp3) is 0.318. The molecule has 0 bridgehead atoms. The molecule has 2 aromatic carbocycles. The van der Waals surface area contributed by atoms with E-state index < -0.39 is 23.7 Å². The van der Waals surface area contributed by atoms with Gasteiger partial charge in [0, 0.05) is 12.5 Å². The Kier molecular flexibility index (Phi) is 7.28. The van der Waals surface area contributed by atoms with Gasteiger partial charge in [0.15, 0.2) is 0 Å². The van der Waals surface area contributed by atoms with Crippen molar-refractivity contribution in [3.8, 4) is 0 Å². The molecule has 1 heterocycles. The van der Waals surface area contributed by atoms with Gasteiger partial charge in [-0.2, -0.15) is 13.2 Å². The van der Waals surface area contributed by atoms with Gasteiger partial charge in [-0.3, -0.25) is 19.3 Å². The Bertz CT molecular complexity index is 1080. The summed E-state index contributed by atoms with van der Waals surface area (Å²) in [7, 11) is 1.53. The van der Waals surface area contributed by atoms with Crippen molar-refractivity contribution in [2.45, 2.75) is 25.6 Å². The van der Waals surface area contributed by atoms with Crippen LogP contribution in [0, 0.1) is 0 Å². The van der Waals surface area contributed by atoms with Gasteiger partial charge in [0.25, 0.3) is 0 Å². The highest BCUT2D eigenvalue weighted by atomic mass is 35.5. The zero-order valence-corrected chi connectivity index (χ0v) is 18.6. The van der Waals surface area contributed by atoms with Crippen LogP contribution in [-0.2, 0) is 20.6 Å². The second kappa shape index (κ2) is 9.80. The normalized spacial score (nSPS) is 16.2. The maximum atomic E-state index is 13.1. The highest BCUT2D eigenvalue weighted by Crippen LogP contribution is 2.34. The Morgan fingerprint density at radius 3 is 2.61 bits per heavy atom. The number of hydrogen-bond donors (Lipinski definition) is 2. The number of carbonyl (C=O) groups is 3. The van der Waals surface area contributed by atoms with Crippen LogP contribution in [0.3, 0.4) is 0 Å². The van der Waals surface area contributed by atoms with Crippen LogP contribution in [0.15, 0.2) is 42.5 Å². The Balaban J connectivity index is 1.67. The largest absolute Gasteiger partial charge is 0.416 e. The van der Waals surface area contributed by atoms with Gasteiger partial charge in [-0.1, -0.05) is 23.7 Å². The first-order valence-electron chi connectivity index (χ1n) is 10.0. The van der Waals surface area contributed by atoms with Crippen molar-refractivity contribution in [1.29, 1.82) is 0 Å². The SMILES string of the molecule is C[C@@H]1CC(=O)Nc2ccccc2N1C(=O)CN(C)CC(=O)Nc1cc(C(F)(F)F)ccc1Cl. The topological polar surface area (TPSA) is 81.8 Å².